The number of aliphatic hydroxyl groups excluding tert-OH is 1. The first kappa shape index (κ1) is 25.0. The molecule has 3 aromatic carbocycles. The Labute approximate surface area is 208 Å². The van der Waals surface area contributed by atoms with Gasteiger partial charge in [0.15, 0.2) is 0 Å². The number of nitrogens with one attached hydrogen (secondary N) is 1. The van der Waals surface area contributed by atoms with Crippen molar-refractivity contribution in [3.05, 3.63) is 94.4 Å². The second-order valence-corrected chi connectivity index (χ2v) is 9.26. The predicted octanol–water partition coefficient (Wildman–Crippen LogP) is 6.27. The van der Waals surface area contributed by atoms with Crippen LogP contribution in [0.2, 0.25) is 0 Å². The van der Waals surface area contributed by atoms with Crippen molar-refractivity contribution in [2.75, 3.05) is 6.61 Å². The number of H-pyrrole nitrogens is 1. The van der Waals surface area contributed by atoms with Crippen molar-refractivity contribution in [3.8, 4) is 28.1 Å². The van der Waals surface area contributed by atoms with E-state index in [4.69, 9.17) is 10.5 Å². The highest BCUT2D eigenvalue weighted by Gasteiger charge is 2.36. The van der Waals surface area contributed by atoms with E-state index < -0.39 is 17.3 Å². The minimum Gasteiger partial charge on any atom is -0.487 e. The summed E-state index contributed by atoms with van der Waals surface area (Å²) in [6.45, 7) is 1.15. The minimum absolute atomic E-state index is 0.0354. The monoisotopic (exact) mass is 545 g/mol. The van der Waals surface area contributed by atoms with Gasteiger partial charge < -0.3 is 20.6 Å². The van der Waals surface area contributed by atoms with Crippen molar-refractivity contribution >= 4 is 15.9 Å². The molecule has 35 heavy (non-hydrogen) atoms. The van der Waals surface area contributed by atoms with Crippen molar-refractivity contribution in [2.45, 2.75) is 25.2 Å². The first-order chi connectivity index (χ1) is 16.6. The fraction of sp³-hybridized carbons (Fsp3) is 0.192. The van der Waals surface area contributed by atoms with Gasteiger partial charge in [-0.3, -0.25) is 0 Å². The Morgan fingerprint density at radius 1 is 1.00 bits per heavy atom. The average molecular weight is 546 g/mol. The number of aliphatic hydroxyl groups is 1. The van der Waals surface area contributed by atoms with E-state index in [1.54, 1.807) is 6.92 Å². The predicted molar refractivity (Wildman–Crippen MR) is 132 cm³/mol. The molecule has 0 unspecified atom stereocenters. The van der Waals surface area contributed by atoms with Crippen molar-refractivity contribution in [1.82, 2.24) is 9.97 Å². The molecular formula is C26H23BrF3N3O2. The van der Waals surface area contributed by atoms with Crippen LogP contribution in [-0.4, -0.2) is 21.7 Å². The molecule has 1 heterocycles. The van der Waals surface area contributed by atoms with Crippen molar-refractivity contribution < 1.29 is 23.0 Å². The zero-order chi connectivity index (χ0) is 25.2. The summed E-state index contributed by atoms with van der Waals surface area (Å²) >= 11 is 3.24. The molecule has 0 saturated heterocycles. The van der Waals surface area contributed by atoms with Crippen LogP contribution in [0.3, 0.4) is 0 Å². The lowest BCUT2D eigenvalue weighted by atomic mass is 10.0. The highest BCUT2D eigenvalue weighted by molar-refractivity contribution is 9.10. The van der Waals surface area contributed by atoms with Gasteiger partial charge in [-0.1, -0.05) is 54.6 Å². The van der Waals surface area contributed by atoms with Crippen LogP contribution in [0.25, 0.3) is 22.4 Å². The summed E-state index contributed by atoms with van der Waals surface area (Å²) < 4.78 is 47.7. The number of alkyl halides is 3. The number of ether oxygens (including phenoxy) is 1. The minimum atomic E-state index is -4.65. The van der Waals surface area contributed by atoms with Gasteiger partial charge in [-0.2, -0.15) is 13.2 Å². The maximum absolute atomic E-state index is 14.0. The van der Waals surface area contributed by atoms with Gasteiger partial charge in [-0.25, -0.2) is 4.98 Å². The number of aromatic nitrogens is 2. The molecule has 182 valence electrons. The molecule has 1 aromatic heterocycles. The third-order valence-electron chi connectivity index (χ3n) is 5.55. The van der Waals surface area contributed by atoms with Crippen molar-refractivity contribution in [2.24, 2.45) is 5.73 Å². The zero-order valence-corrected chi connectivity index (χ0v) is 20.3. The van der Waals surface area contributed by atoms with Crippen LogP contribution in [-0.2, 0) is 18.3 Å². The number of benzene rings is 3. The maximum Gasteiger partial charge on any atom is 0.420 e. The average Bonchev–Trinajstić information content (AvgIpc) is 3.35. The van der Waals surface area contributed by atoms with Crippen LogP contribution in [0, 0.1) is 0 Å². The van der Waals surface area contributed by atoms with Crippen molar-refractivity contribution in [1.29, 1.82) is 0 Å². The van der Waals surface area contributed by atoms with Gasteiger partial charge in [0.1, 0.15) is 18.2 Å². The van der Waals surface area contributed by atoms with Crippen LogP contribution < -0.4 is 10.5 Å². The van der Waals surface area contributed by atoms with Gasteiger partial charge in [0.25, 0.3) is 0 Å². The Kier molecular flexibility index (Phi) is 7.02. The van der Waals surface area contributed by atoms with Crippen LogP contribution in [0.15, 0.2) is 77.4 Å². The van der Waals surface area contributed by atoms with Gasteiger partial charge in [-0.05, 0) is 51.7 Å². The van der Waals surface area contributed by atoms with E-state index in [0.717, 1.165) is 22.8 Å². The summed E-state index contributed by atoms with van der Waals surface area (Å²) in [6.07, 6.45) is -3.27. The van der Waals surface area contributed by atoms with E-state index in [0.29, 0.717) is 5.69 Å². The number of rotatable bonds is 7. The first-order valence-electron chi connectivity index (χ1n) is 10.7. The second-order valence-electron chi connectivity index (χ2n) is 8.41. The summed E-state index contributed by atoms with van der Waals surface area (Å²) in [6, 6.07) is 19.8. The largest absolute Gasteiger partial charge is 0.487 e. The molecule has 4 aromatic rings. The summed E-state index contributed by atoms with van der Waals surface area (Å²) in [7, 11) is 0. The van der Waals surface area contributed by atoms with E-state index >= 15 is 0 Å². The summed E-state index contributed by atoms with van der Waals surface area (Å²) in [5.41, 5.74) is 7.26. The molecule has 1 atom stereocenters. The quantitative estimate of drug-likeness (QED) is 0.255. The standard InChI is InChI=1S/C26H23BrF3N3O2/c1-25(31,15-34)24-32-13-22(33-24)19-11-20(26(28,29)30)23(21(27)12-19)35-14-16-7-9-18(10-8-16)17-5-3-2-4-6-17/h2-13,34H,14-15,31H2,1H3,(H,32,33)/t25-/m0/s1. The first-order valence-corrected chi connectivity index (χ1v) is 11.5. The number of hydrogen-bond acceptors (Lipinski definition) is 4. The van der Waals surface area contributed by atoms with Gasteiger partial charge in [0.05, 0.1) is 34.1 Å². The lowest BCUT2D eigenvalue weighted by Gasteiger charge is -2.19. The van der Waals surface area contributed by atoms with Gasteiger partial charge in [0, 0.05) is 5.56 Å². The number of hydrogen-bond donors (Lipinski definition) is 3. The molecule has 0 spiro atoms. The second kappa shape index (κ2) is 9.85. The van der Waals surface area contributed by atoms with E-state index in [1.807, 2.05) is 54.6 Å². The third-order valence-corrected chi connectivity index (χ3v) is 6.14. The summed E-state index contributed by atoms with van der Waals surface area (Å²) in [5.74, 6) is -0.0360. The molecule has 0 aliphatic heterocycles. The van der Waals surface area contributed by atoms with Crippen molar-refractivity contribution in [3.63, 3.8) is 0 Å². The highest BCUT2D eigenvalue weighted by Crippen LogP contribution is 2.43. The molecule has 0 radical (unpaired) electrons. The van der Waals surface area contributed by atoms with Gasteiger partial charge in [0.2, 0.25) is 0 Å². The van der Waals surface area contributed by atoms with Crippen LogP contribution in [0.1, 0.15) is 23.9 Å². The topological polar surface area (TPSA) is 84.2 Å². The molecule has 0 fully saturated rings. The molecule has 4 rings (SSSR count). The summed E-state index contributed by atoms with van der Waals surface area (Å²) in [4.78, 5) is 7.01. The molecule has 0 aliphatic rings. The lowest BCUT2D eigenvalue weighted by Crippen LogP contribution is -2.38. The Hall–Kier alpha value is -3.14. The maximum atomic E-state index is 14.0. The van der Waals surface area contributed by atoms with E-state index in [1.165, 1.54) is 12.3 Å². The third kappa shape index (κ3) is 5.58. The van der Waals surface area contributed by atoms with Gasteiger partial charge >= 0.3 is 6.18 Å². The molecule has 5 nitrogen and oxygen atoms in total. The number of aromatic amines is 1. The lowest BCUT2D eigenvalue weighted by molar-refractivity contribution is -0.139. The number of nitrogens with two attached hydrogens (primary N) is 1. The van der Waals surface area contributed by atoms with Gasteiger partial charge in [-0.15, -0.1) is 0 Å². The molecule has 9 heteroatoms. The Morgan fingerprint density at radius 2 is 1.66 bits per heavy atom. The Morgan fingerprint density at radius 3 is 2.29 bits per heavy atom. The number of imidazole rings is 1. The van der Waals surface area contributed by atoms with Crippen LogP contribution >= 0.6 is 15.9 Å². The molecule has 0 amide bonds. The Bertz CT molecular complexity index is 1300. The highest BCUT2D eigenvalue weighted by atomic mass is 79.9. The van der Waals surface area contributed by atoms with Crippen LogP contribution in [0.4, 0.5) is 13.2 Å². The fourth-order valence-electron chi connectivity index (χ4n) is 3.52. The molecule has 0 aliphatic carbocycles. The number of nitrogens with zero attached hydrogens (tertiary/aromatic N) is 1. The fourth-order valence-corrected chi connectivity index (χ4v) is 4.09. The van der Waals surface area contributed by atoms with E-state index in [9.17, 15) is 18.3 Å². The van der Waals surface area contributed by atoms with Crippen LogP contribution in [0.5, 0.6) is 5.75 Å². The molecule has 0 bridgehead atoms. The van der Waals surface area contributed by atoms with E-state index in [2.05, 4.69) is 25.9 Å². The SMILES string of the molecule is C[C@](N)(CO)c1ncc(-c2cc(Br)c(OCc3ccc(-c4ccccc4)cc3)c(C(F)(F)F)c2)[nH]1. The number of halogens is 4. The normalized spacial score (nSPS) is 13.5. The molecule has 0 saturated carbocycles. The zero-order valence-electron chi connectivity index (χ0n) is 18.7. The molecular weight excluding hydrogens is 523 g/mol. The smallest absolute Gasteiger partial charge is 0.420 e. The molecule has 4 N–H and O–H groups in total. The Balaban J connectivity index is 1.60. The van der Waals surface area contributed by atoms with E-state index in [-0.39, 0.29) is 34.8 Å². The summed E-state index contributed by atoms with van der Waals surface area (Å²) in [5, 5.41) is 9.43.